The molecule has 0 aliphatic rings. The topological polar surface area (TPSA) is 94.4 Å². The van der Waals surface area contributed by atoms with Gasteiger partial charge < -0.3 is 20.0 Å². The molecule has 1 atom stereocenters. The van der Waals surface area contributed by atoms with Crippen LogP contribution < -0.4 is 10.5 Å². The van der Waals surface area contributed by atoms with Crippen molar-refractivity contribution in [2.75, 3.05) is 13.2 Å². The monoisotopic (exact) mass is 401 g/mol. The molecular weight excluding hydrogens is 374 g/mol. The Bertz CT molecular complexity index is 910. The second-order valence-electron chi connectivity index (χ2n) is 7.47. The number of aryl methyl sites for hydroxylation is 2. The first-order chi connectivity index (χ1) is 13.4. The number of aliphatic hydroxyl groups excluding tert-OH is 1. The van der Waals surface area contributed by atoms with Crippen LogP contribution in [-0.4, -0.2) is 34.6 Å². The quantitative estimate of drug-likeness (QED) is 0.593. The standard InChI is InChI=1S/C21H27N3O3S/c1-12(2)5-15-8-18(28-11-15)21-24-23-20(27-21)16-6-13(3)19(14(4)7-16)26-10-17(25)9-22/h6-8,11-12,17,25H,5,9-10,22H2,1-4H3. The molecule has 1 aromatic carbocycles. The summed E-state index contributed by atoms with van der Waals surface area (Å²) in [5, 5.41) is 20.2. The SMILES string of the molecule is Cc1cc(-c2nnc(-c3cc(CC(C)C)cs3)o2)cc(C)c1OCC(O)CN. The van der Waals surface area contributed by atoms with Crippen LogP contribution in [0.1, 0.15) is 30.5 Å². The van der Waals surface area contributed by atoms with E-state index in [1.807, 2.05) is 26.0 Å². The van der Waals surface area contributed by atoms with E-state index in [9.17, 15) is 5.11 Å². The maximum atomic E-state index is 9.61. The first-order valence-electron chi connectivity index (χ1n) is 9.41. The number of aliphatic hydroxyl groups is 1. The predicted octanol–water partition coefficient (Wildman–Crippen LogP) is 3.98. The summed E-state index contributed by atoms with van der Waals surface area (Å²) in [7, 11) is 0. The molecule has 7 heteroatoms. The van der Waals surface area contributed by atoms with Crippen molar-refractivity contribution >= 4 is 11.3 Å². The van der Waals surface area contributed by atoms with Crippen LogP contribution in [0.5, 0.6) is 5.75 Å². The Morgan fingerprint density at radius 1 is 1.14 bits per heavy atom. The van der Waals surface area contributed by atoms with Gasteiger partial charge in [0.25, 0.3) is 5.89 Å². The van der Waals surface area contributed by atoms with E-state index in [0.29, 0.717) is 17.7 Å². The zero-order chi connectivity index (χ0) is 20.3. The fraction of sp³-hybridized carbons (Fsp3) is 0.429. The normalized spacial score (nSPS) is 12.5. The Morgan fingerprint density at radius 2 is 1.82 bits per heavy atom. The third kappa shape index (κ3) is 4.79. The number of hydrogen-bond donors (Lipinski definition) is 2. The first-order valence-corrected chi connectivity index (χ1v) is 10.3. The molecule has 2 heterocycles. The predicted molar refractivity (Wildman–Crippen MR) is 112 cm³/mol. The Morgan fingerprint density at radius 3 is 2.46 bits per heavy atom. The summed E-state index contributed by atoms with van der Waals surface area (Å²) < 4.78 is 11.7. The molecule has 0 aliphatic heterocycles. The number of rotatable bonds is 8. The molecule has 0 amide bonds. The van der Waals surface area contributed by atoms with Crippen molar-refractivity contribution in [2.24, 2.45) is 11.7 Å². The molecule has 0 bridgehead atoms. The number of nitrogens with two attached hydrogens (primary N) is 1. The number of ether oxygens (including phenoxy) is 1. The van der Waals surface area contributed by atoms with Crippen molar-refractivity contribution in [3.05, 3.63) is 40.3 Å². The van der Waals surface area contributed by atoms with Gasteiger partial charge >= 0.3 is 0 Å². The van der Waals surface area contributed by atoms with Crippen LogP contribution >= 0.6 is 11.3 Å². The second-order valence-corrected chi connectivity index (χ2v) is 8.38. The van der Waals surface area contributed by atoms with Crippen molar-refractivity contribution in [2.45, 2.75) is 40.2 Å². The van der Waals surface area contributed by atoms with E-state index in [1.54, 1.807) is 11.3 Å². The third-order valence-corrected chi connectivity index (χ3v) is 5.30. The summed E-state index contributed by atoms with van der Waals surface area (Å²) in [6, 6.07) is 6.03. The van der Waals surface area contributed by atoms with Gasteiger partial charge in [-0.2, -0.15) is 0 Å². The lowest BCUT2D eigenvalue weighted by molar-refractivity contribution is 0.113. The maximum Gasteiger partial charge on any atom is 0.258 e. The minimum atomic E-state index is -0.677. The Kier molecular flexibility index (Phi) is 6.49. The van der Waals surface area contributed by atoms with Crippen LogP contribution in [0.4, 0.5) is 0 Å². The van der Waals surface area contributed by atoms with E-state index in [0.717, 1.165) is 33.7 Å². The van der Waals surface area contributed by atoms with Crippen LogP contribution in [-0.2, 0) is 6.42 Å². The summed E-state index contributed by atoms with van der Waals surface area (Å²) in [5.74, 6) is 2.37. The average molecular weight is 402 g/mol. The highest BCUT2D eigenvalue weighted by molar-refractivity contribution is 7.13. The highest BCUT2D eigenvalue weighted by atomic mass is 32.1. The van der Waals surface area contributed by atoms with E-state index >= 15 is 0 Å². The third-order valence-electron chi connectivity index (χ3n) is 4.33. The van der Waals surface area contributed by atoms with Gasteiger partial charge in [0.05, 0.1) is 4.88 Å². The van der Waals surface area contributed by atoms with Gasteiger partial charge in [-0.1, -0.05) is 13.8 Å². The molecule has 6 nitrogen and oxygen atoms in total. The highest BCUT2D eigenvalue weighted by Gasteiger charge is 2.16. The largest absolute Gasteiger partial charge is 0.490 e. The lowest BCUT2D eigenvalue weighted by Crippen LogP contribution is -2.26. The van der Waals surface area contributed by atoms with Crippen molar-refractivity contribution in [1.82, 2.24) is 10.2 Å². The molecule has 0 saturated heterocycles. The summed E-state index contributed by atoms with van der Waals surface area (Å²) in [6.07, 6.45) is 0.360. The van der Waals surface area contributed by atoms with Crippen LogP contribution in [0, 0.1) is 19.8 Å². The molecule has 0 radical (unpaired) electrons. The van der Waals surface area contributed by atoms with Gasteiger partial charge in [-0.05, 0) is 66.5 Å². The molecule has 0 fully saturated rings. The van der Waals surface area contributed by atoms with Crippen molar-refractivity contribution in [3.8, 4) is 28.0 Å². The summed E-state index contributed by atoms with van der Waals surface area (Å²) in [6.45, 7) is 8.65. The molecule has 28 heavy (non-hydrogen) atoms. The molecule has 0 aliphatic carbocycles. The van der Waals surface area contributed by atoms with Gasteiger partial charge in [0, 0.05) is 12.1 Å². The second kappa shape index (κ2) is 8.86. The van der Waals surface area contributed by atoms with Crippen molar-refractivity contribution in [1.29, 1.82) is 0 Å². The number of thiophene rings is 1. The smallest absolute Gasteiger partial charge is 0.258 e. The summed E-state index contributed by atoms with van der Waals surface area (Å²) >= 11 is 1.62. The first kappa shape index (κ1) is 20.5. The summed E-state index contributed by atoms with van der Waals surface area (Å²) in [4.78, 5) is 0.985. The molecule has 3 aromatic rings. The van der Waals surface area contributed by atoms with Gasteiger partial charge in [0.1, 0.15) is 18.5 Å². The van der Waals surface area contributed by atoms with E-state index in [-0.39, 0.29) is 13.2 Å². The van der Waals surface area contributed by atoms with Crippen LogP contribution in [0.3, 0.4) is 0 Å². The molecule has 3 rings (SSSR count). The fourth-order valence-corrected chi connectivity index (χ4v) is 3.90. The lowest BCUT2D eigenvalue weighted by atomic mass is 10.1. The van der Waals surface area contributed by atoms with Crippen molar-refractivity contribution in [3.63, 3.8) is 0 Å². The molecule has 150 valence electrons. The lowest BCUT2D eigenvalue weighted by Gasteiger charge is -2.15. The molecule has 2 aromatic heterocycles. The van der Waals surface area contributed by atoms with Gasteiger partial charge in [-0.15, -0.1) is 21.5 Å². The minimum absolute atomic E-state index is 0.166. The molecule has 1 unspecified atom stereocenters. The number of nitrogens with zero attached hydrogens (tertiary/aromatic N) is 2. The zero-order valence-corrected chi connectivity index (χ0v) is 17.5. The fourth-order valence-electron chi connectivity index (χ4n) is 3.05. The van der Waals surface area contributed by atoms with E-state index in [4.69, 9.17) is 14.9 Å². The van der Waals surface area contributed by atoms with Gasteiger partial charge in [0.2, 0.25) is 5.89 Å². The number of aromatic nitrogens is 2. The Hall–Kier alpha value is -2.22. The highest BCUT2D eigenvalue weighted by Crippen LogP contribution is 2.33. The van der Waals surface area contributed by atoms with E-state index in [1.165, 1.54) is 5.56 Å². The summed E-state index contributed by atoms with van der Waals surface area (Å²) in [5.41, 5.74) is 9.45. The Balaban J connectivity index is 1.80. The van der Waals surface area contributed by atoms with Crippen molar-refractivity contribution < 1.29 is 14.3 Å². The van der Waals surface area contributed by atoms with E-state index < -0.39 is 6.10 Å². The zero-order valence-electron chi connectivity index (χ0n) is 16.7. The van der Waals surface area contributed by atoms with Crippen LogP contribution in [0.2, 0.25) is 0 Å². The van der Waals surface area contributed by atoms with Gasteiger partial charge in [0.15, 0.2) is 0 Å². The van der Waals surface area contributed by atoms with Crippen LogP contribution in [0.25, 0.3) is 22.2 Å². The average Bonchev–Trinajstić information content (AvgIpc) is 3.29. The molecular formula is C21H27N3O3S. The molecule has 0 spiro atoms. The minimum Gasteiger partial charge on any atom is -0.490 e. The van der Waals surface area contributed by atoms with Gasteiger partial charge in [-0.3, -0.25) is 0 Å². The molecule has 0 saturated carbocycles. The molecule has 3 N–H and O–H groups in total. The Labute approximate surface area is 169 Å². The van der Waals surface area contributed by atoms with Gasteiger partial charge in [-0.25, -0.2) is 0 Å². The maximum absolute atomic E-state index is 9.61. The van der Waals surface area contributed by atoms with Crippen LogP contribution in [0.15, 0.2) is 28.0 Å². The van der Waals surface area contributed by atoms with E-state index in [2.05, 4.69) is 35.5 Å². The number of benzene rings is 1. The number of hydrogen-bond acceptors (Lipinski definition) is 7.